The summed E-state index contributed by atoms with van der Waals surface area (Å²) in [5.74, 6) is -3.87. The van der Waals surface area contributed by atoms with Crippen LogP contribution in [-0.2, 0) is 30.4 Å². The third kappa shape index (κ3) is 10.0. The molecule has 1 aromatic heterocycles. The Balaban J connectivity index is 2.96. The topological polar surface area (TPSA) is 222 Å². The van der Waals surface area contributed by atoms with E-state index in [-0.39, 0.29) is 25.2 Å². The first-order valence-electron chi connectivity index (χ1n) is 10.1. The van der Waals surface area contributed by atoms with E-state index in [0.717, 1.165) is 0 Å². The molecule has 4 amide bonds. The van der Waals surface area contributed by atoms with Gasteiger partial charge in [0.2, 0.25) is 23.6 Å². The predicted octanol–water partition coefficient (Wildman–Crippen LogP) is -2.24. The minimum Gasteiger partial charge on any atom is -0.480 e. The van der Waals surface area contributed by atoms with Crippen LogP contribution in [0, 0.1) is 5.92 Å². The fraction of sp³-hybridized carbons (Fsp3) is 0.579. The van der Waals surface area contributed by atoms with E-state index in [1.54, 1.807) is 0 Å². The van der Waals surface area contributed by atoms with Gasteiger partial charge in [-0.2, -0.15) is 0 Å². The fourth-order valence-electron chi connectivity index (χ4n) is 2.83. The van der Waals surface area contributed by atoms with Crippen molar-refractivity contribution in [3.63, 3.8) is 0 Å². The first-order chi connectivity index (χ1) is 15.0. The molecule has 0 bridgehead atoms. The van der Waals surface area contributed by atoms with E-state index >= 15 is 0 Å². The second-order valence-corrected chi connectivity index (χ2v) is 7.76. The first-order valence-corrected chi connectivity index (χ1v) is 10.1. The molecule has 0 spiro atoms. The molecule has 32 heavy (non-hydrogen) atoms. The lowest BCUT2D eigenvalue weighted by atomic mass is 10.0. The number of aromatic nitrogens is 2. The Labute approximate surface area is 185 Å². The molecular weight excluding hydrogens is 422 g/mol. The molecule has 1 rings (SSSR count). The number of hydrogen-bond acceptors (Lipinski definition) is 7. The van der Waals surface area contributed by atoms with Crippen LogP contribution in [0.25, 0.3) is 0 Å². The first kappa shape index (κ1) is 26.6. The quantitative estimate of drug-likeness (QED) is 0.163. The molecule has 1 heterocycles. The van der Waals surface area contributed by atoms with Crippen molar-refractivity contribution < 1.29 is 29.1 Å². The number of carbonyl (C=O) groups excluding carboxylic acids is 4. The van der Waals surface area contributed by atoms with Crippen LogP contribution in [0.15, 0.2) is 12.5 Å². The van der Waals surface area contributed by atoms with Crippen LogP contribution >= 0.6 is 0 Å². The second kappa shape index (κ2) is 13.0. The molecule has 0 aromatic carbocycles. The Morgan fingerprint density at radius 2 is 1.75 bits per heavy atom. The number of nitrogens with two attached hydrogens (primary N) is 2. The van der Waals surface area contributed by atoms with Gasteiger partial charge in [-0.3, -0.25) is 24.0 Å². The molecule has 13 heteroatoms. The van der Waals surface area contributed by atoms with Crippen LogP contribution in [-0.4, -0.2) is 69.3 Å². The Morgan fingerprint density at radius 1 is 1.09 bits per heavy atom. The van der Waals surface area contributed by atoms with Crippen LogP contribution in [0.1, 0.15) is 38.8 Å². The van der Waals surface area contributed by atoms with Crippen molar-refractivity contribution in [1.29, 1.82) is 0 Å². The Bertz CT molecular complexity index is 796. The van der Waals surface area contributed by atoms with E-state index in [9.17, 15) is 24.0 Å². The SMILES string of the molecule is CC(C)CC(N)C(=O)NC(Cc1cnc[nH]1)C(=O)NC(CCC(N)=O)C(=O)NCC(=O)O. The van der Waals surface area contributed by atoms with Crippen LogP contribution in [0.5, 0.6) is 0 Å². The van der Waals surface area contributed by atoms with Crippen molar-refractivity contribution >= 4 is 29.6 Å². The summed E-state index contributed by atoms with van der Waals surface area (Å²) >= 11 is 0. The van der Waals surface area contributed by atoms with Gasteiger partial charge < -0.3 is 37.5 Å². The lowest BCUT2D eigenvalue weighted by Gasteiger charge is -2.24. The van der Waals surface area contributed by atoms with Crippen LogP contribution < -0.4 is 27.4 Å². The summed E-state index contributed by atoms with van der Waals surface area (Å²) in [4.78, 5) is 66.3. The standard InChI is InChI=1S/C19H31N7O6/c1-10(2)5-12(20)17(30)26-14(6-11-7-22-9-24-11)19(32)25-13(3-4-15(21)27)18(31)23-8-16(28)29/h7,9-10,12-14H,3-6,8,20H2,1-2H3,(H2,21,27)(H,22,24)(H,23,31)(H,25,32)(H,26,30)(H,28,29). The average Bonchev–Trinajstić information content (AvgIpc) is 3.20. The summed E-state index contributed by atoms with van der Waals surface area (Å²) in [6.07, 6.45) is 2.96. The summed E-state index contributed by atoms with van der Waals surface area (Å²) in [5.41, 5.74) is 11.6. The third-order valence-corrected chi connectivity index (χ3v) is 4.40. The number of rotatable bonds is 14. The van der Waals surface area contributed by atoms with E-state index in [4.69, 9.17) is 16.6 Å². The van der Waals surface area contributed by atoms with Crippen molar-refractivity contribution in [2.75, 3.05) is 6.54 Å². The summed E-state index contributed by atoms with van der Waals surface area (Å²) in [6.45, 7) is 3.14. The number of carboxylic acids is 1. The maximum absolute atomic E-state index is 12.9. The van der Waals surface area contributed by atoms with Gasteiger partial charge in [-0.05, 0) is 18.8 Å². The van der Waals surface area contributed by atoms with Gasteiger partial charge in [0.1, 0.15) is 18.6 Å². The molecule has 0 saturated heterocycles. The van der Waals surface area contributed by atoms with Crippen LogP contribution in [0.3, 0.4) is 0 Å². The molecule has 0 aliphatic carbocycles. The molecule has 1 aromatic rings. The Morgan fingerprint density at radius 3 is 2.28 bits per heavy atom. The summed E-state index contributed by atoms with van der Waals surface area (Å²) in [5, 5.41) is 15.9. The van der Waals surface area contributed by atoms with Gasteiger partial charge in [-0.1, -0.05) is 13.8 Å². The summed E-state index contributed by atoms with van der Waals surface area (Å²) in [6, 6.07) is -3.18. The van der Waals surface area contributed by atoms with Crippen LogP contribution in [0.2, 0.25) is 0 Å². The van der Waals surface area contributed by atoms with Crippen molar-refractivity contribution in [2.24, 2.45) is 17.4 Å². The molecule has 0 aliphatic rings. The number of H-pyrrole nitrogens is 1. The van der Waals surface area contributed by atoms with Crippen molar-refractivity contribution in [1.82, 2.24) is 25.9 Å². The number of aliphatic carboxylic acids is 1. The van der Waals surface area contributed by atoms with Gasteiger partial charge in [-0.15, -0.1) is 0 Å². The number of carbonyl (C=O) groups is 5. The van der Waals surface area contributed by atoms with E-state index in [0.29, 0.717) is 12.1 Å². The molecule has 0 radical (unpaired) electrons. The number of aromatic amines is 1. The smallest absolute Gasteiger partial charge is 0.322 e. The maximum Gasteiger partial charge on any atom is 0.322 e. The maximum atomic E-state index is 12.9. The summed E-state index contributed by atoms with van der Waals surface area (Å²) < 4.78 is 0. The zero-order valence-corrected chi connectivity index (χ0v) is 18.1. The molecule has 0 fully saturated rings. The largest absolute Gasteiger partial charge is 0.480 e. The molecule has 178 valence electrons. The highest BCUT2D eigenvalue weighted by Crippen LogP contribution is 2.06. The Kier molecular flexibility index (Phi) is 10.8. The monoisotopic (exact) mass is 453 g/mol. The van der Waals surface area contributed by atoms with E-state index in [1.165, 1.54) is 12.5 Å². The highest BCUT2D eigenvalue weighted by atomic mass is 16.4. The number of primary amides is 1. The molecule has 3 unspecified atom stereocenters. The zero-order valence-electron chi connectivity index (χ0n) is 18.1. The molecule has 0 aliphatic heterocycles. The molecule has 9 N–H and O–H groups in total. The van der Waals surface area contributed by atoms with Gasteiger partial charge in [-0.25, -0.2) is 4.98 Å². The number of nitrogens with zero attached hydrogens (tertiary/aromatic N) is 1. The van der Waals surface area contributed by atoms with E-state index in [1.807, 2.05) is 13.8 Å². The number of amides is 4. The third-order valence-electron chi connectivity index (χ3n) is 4.40. The van der Waals surface area contributed by atoms with Gasteiger partial charge in [0.15, 0.2) is 0 Å². The highest BCUT2D eigenvalue weighted by Gasteiger charge is 2.29. The van der Waals surface area contributed by atoms with Gasteiger partial charge >= 0.3 is 5.97 Å². The summed E-state index contributed by atoms with van der Waals surface area (Å²) in [7, 11) is 0. The minimum atomic E-state index is -1.28. The number of imidazole rings is 1. The zero-order chi connectivity index (χ0) is 24.3. The van der Waals surface area contributed by atoms with Crippen molar-refractivity contribution in [3.8, 4) is 0 Å². The lowest BCUT2D eigenvalue weighted by molar-refractivity contribution is -0.138. The molecule has 0 saturated carbocycles. The molecular formula is C19H31N7O6. The van der Waals surface area contributed by atoms with Gasteiger partial charge in [0.25, 0.3) is 0 Å². The van der Waals surface area contributed by atoms with Gasteiger partial charge in [0, 0.05) is 24.7 Å². The molecule has 13 nitrogen and oxygen atoms in total. The number of nitrogens with one attached hydrogen (secondary N) is 4. The highest BCUT2D eigenvalue weighted by molar-refractivity contribution is 5.94. The van der Waals surface area contributed by atoms with Gasteiger partial charge in [0.05, 0.1) is 12.4 Å². The van der Waals surface area contributed by atoms with E-state index in [2.05, 4.69) is 25.9 Å². The minimum absolute atomic E-state index is 0.0330. The average molecular weight is 454 g/mol. The fourth-order valence-corrected chi connectivity index (χ4v) is 2.83. The predicted molar refractivity (Wildman–Crippen MR) is 113 cm³/mol. The number of hydrogen-bond donors (Lipinski definition) is 7. The van der Waals surface area contributed by atoms with Crippen molar-refractivity contribution in [2.45, 2.75) is 57.7 Å². The van der Waals surface area contributed by atoms with E-state index < -0.39 is 54.3 Å². The molecule has 3 atom stereocenters. The Hall–Kier alpha value is -3.48. The number of carboxylic acid groups (broad SMARTS) is 1. The van der Waals surface area contributed by atoms with Crippen LogP contribution in [0.4, 0.5) is 0 Å². The second-order valence-electron chi connectivity index (χ2n) is 7.76. The van der Waals surface area contributed by atoms with Crippen molar-refractivity contribution in [3.05, 3.63) is 18.2 Å². The lowest BCUT2D eigenvalue weighted by Crippen LogP contribution is -2.56. The normalized spacial score (nSPS) is 13.6.